The quantitative estimate of drug-likeness (QED) is 0.125. The molecule has 5 rings (SSSR count). The number of amides is 3. The maximum Gasteiger partial charge on any atom is 0.408 e. The van der Waals surface area contributed by atoms with Crippen LogP contribution in [0.1, 0.15) is 78.4 Å². The van der Waals surface area contributed by atoms with Gasteiger partial charge in [0.05, 0.1) is 23.4 Å². The van der Waals surface area contributed by atoms with Crippen molar-refractivity contribution in [3.8, 4) is 0 Å². The number of hydrogen-bond donors (Lipinski definition) is 1. The highest BCUT2D eigenvalue weighted by Gasteiger charge is 2.85. The van der Waals surface area contributed by atoms with Crippen LogP contribution in [0.25, 0.3) is 11.1 Å². The standard InChI is InChI=1S/C37H43BrN2O7/c1-7-22-46-30(42)25(39-33(45)47-34(2,3)4)20-14-15-21-40-29(41)28-35(5)26(23-16-10-8-11-17-23)27(24-18-12-9-13-19-24)36(6,31(35)43)37(28,38)32(40)44/h8-13,16-19,25,28H,7,14-15,20-22H2,1-6H3,(H,39,45)/t25-,28?,35?,36?,37?/m0/s1. The zero-order valence-electron chi connectivity index (χ0n) is 27.9. The van der Waals surface area contributed by atoms with Crippen LogP contribution in [0.5, 0.6) is 0 Å². The Balaban J connectivity index is 1.40. The fourth-order valence-electron chi connectivity index (χ4n) is 7.69. The van der Waals surface area contributed by atoms with Gasteiger partial charge >= 0.3 is 12.1 Å². The SMILES string of the molecule is CCCOC(=O)[C@H](CCCCN1C(=O)C2C3(C)C(=O)C(C)(C(c4ccccc4)=C3c3ccccc3)C2(Br)C1=O)NC(=O)OC(C)(C)C. The second-order valence-electron chi connectivity index (χ2n) is 13.9. The van der Waals surface area contributed by atoms with E-state index in [-0.39, 0.29) is 25.4 Å². The number of Topliss-reactive ketones (excluding diaryl/α,β-unsaturated/α-hetero) is 1. The summed E-state index contributed by atoms with van der Waals surface area (Å²) in [5.74, 6) is -2.47. The number of fused-ring (bicyclic) bond motifs is 5. The Labute approximate surface area is 284 Å². The molecule has 5 atom stereocenters. The molecule has 1 N–H and O–H groups in total. The molecule has 0 aromatic heterocycles. The van der Waals surface area contributed by atoms with Crippen molar-refractivity contribution in [3.05, 3.63) is 71.8 Å². The predicted molar refractivity (Wildman–Crippen MR) is 181 cm³/mol. The molecule has 3 aliphatic rings. The number of alkyl carbamates (subject to hydrolysis) is 1. The Morgan fingerprint density at radius 3 is 2.06 bits per heavy atom. The minimum absolute atomic E-state index is 0.104. The molecule has 0 spiro atoms. The Morgan fingerprint density at radius 1 is 0.936 bits per heavy atom. The van der Waals surface area contributed by atoms with Crippen LogP contribution in [0.2, 0.25) is 0 Å². The van der Waals surface area contributed by atoms with E-state index in [0.29, 0.717) is 19.3 Å². The molecule has 3 amide bonds. The monoisotopic (exact) mass is 706 g/mol. The number of imide groups is 1. The molecule has 2 bridgehead atoms. The number of ketones is 1. The lowest BCUT2D eigenvalue weighted by Gasteiger charge is -2.41. The maximum atomic E-state index is 14.6. The number of halogens is 1. The highest BCUT2D eigenvalue weighted by molar-refractivity contribution is 9.10. The molecule has 2 aromatic rings. The van der Waals surface area contributed by atoms with Gasteiger partial charge < -0.3 is 14.8 Å². The predicted octanol–water partition coefficient (Wildman–Crippen LogP) is 6.34. The van der Waals surface area contributed by atoms with Crippen molar-refractivity contribution in [3.63, 3.8) is 0 Å². The van der Waals surface area contributed by atoms with Crippen molar-refractivity contribution in [1.29, 1.82) is 0 Å². The van der Waals surface area contributed by atoms with Crippen LogP contribution >= 0.6 is 15.9 Å². The molecular formula is C37H43BrN2O7. The molecule has 47 heavy (non-hydrogen) atoms. The third kappa shape index (κ3) is 5.52. The lowest BCUT2D eigenvalue weighted by molar-refractivity contribution is -0.147. The van der Waals surface area contributed by atoms with E-state index in [9.17, 15) is 24.0 Å². The summed E-state index contributed by atoms with van der Waals surface area (Å²) in [4.78, 5) is 69.7. The number of nitrogens with zero attached hydrogens (tertiary/aromatic N) is 1. The van der Waals surface area contributed by atoms with Gasteiger partial charge in [0.1, 0.15) is 16.0 Å². The molecule has 2 aromatic carbocycles. The maximum absolute atomic E-state index is 14.6. The number of unbranched alkanes of at least 4 members (excludes halogenated alkanes) is 1. The zero-order chi connectivity index (χ0) is 34.4. The van der Waals surface area contributed by atoms with Crippen molar-refractivity contribution >= 4 is 56.7 Å². The molecule has 4 unspecified atom stereocenters. The summed E-state index contributed by atoms with van der Waals surface area (Å²) in [6.45, 7) is 11.0. The van der Waals surface area contributed by atoms with Crippen molar-refractivity contribution < 1.29 is 33.4 Å². The van der Waals surface area contributed by atoms with Crippen LogP contribution in [-0.4, -0.2) is 63.7 Å². The molecule has 9 nitrogen and oxygen atoms in total. The third-order valence-corrected chi connectivity index (χ3v) is 11.2. The largest absolute Gasteiger partial charge is 0.464 e. The summed E-state index contributed by atoms with van der Waals surface area (Å²) >= 11 is 3.78. The number of esters is 1. The number of nitrogens with one attached hydrogen (secondary N) is 1. The fourth-order valence-corrected chi connectivity index (χ4v) is 8.94. The first-order valence-corrected chi connectivity index (χ1v) is 17.0. The Bertz CT molecular complexity index is 1620. The number of carbonyl (C=O) groups excluding carboxylic acids is 5. The molecular weight excluding hydrogens is 664 g/mol. The van der Waals surface area contributed by atoms with Gasteiger partial charge in [0.2, 0.25) is 11.8 Å². The van der Waals surface area contributed by atoms with Crippen LogP contribution in [-0.2, 0) is 28.7 Å². The van der Waals surface area contributed by atoms with Gasteiger partial charge in [0.15, 0.2) is 5.78 Å². The van der Waals surface area contributed by atoms with Crippen molar-refractivity contribution in [2.75, 3.05) is 13.2 Å². The van der Waals surface area contributed by atoms with Crippen LogP contribution in [0.4, 0.5) is 4.79 Å². The zero-order valence-corrected chi connectivity index (χ0v) is 29.4. The van der Waals surface area contributed by atoms with Gasteiger partial charge in [-0.1, -0.05) is 83.5 Å². The Morgan fingerprint density at radius 2 is 1.51 bits per heavy atom. The van der Waals surface area contributed by atoms with Gasteiger partial charge in [-0.3, -0.25) is 19.3 Å². The van der Waals surface area contributed by atoms with E-state index >= 15 is 0 Å². The minimum Gasteiger partial charge on any atom is -0.464 e. The van der Waals surface area contributed by atoms with Crippen molar-refractivity contribution in [2.24, 2.45) is 16.7 Å². The van der Waals surface area contributed by atoms with E-state index in [1.165, 1.54) is 4.90 Å². The Hall–Kier alpha value is -3.79. The summed E-state index contributed by atoms with van der Waals surface area (Å²) in [6, 6.07) is 18.3. The fraction of sp³-hybridized carbons (Fsp3) is 0.486. The van der Waals surface area contributed by atoms with Gasteiger partial charge in [-0.2, -0.15) is 0 Å². The molecule has 2 aliphatic carbocycles. The van der Waals surface area contributed by atoms with E-state index in [4.69, 9.17) is 9.47 Å². The normalized spacial score (nSPS) is 27.3. The molecule has 1 saturated heterocycles. The molecule has 2 fully saturated rings. The molecule has 0 radical (unpaired) electrons. The second kappa shape index (κ2) is 12.7. The van der Waals surface area contributed by atoms with Crippen LogP contribution in [0.3, 0.4) is 0 Å². The number of likely N-dealkylation sites (tertiary alicyclic amines) is 1. The van der Waals surface area contributed by atoms with Gasteiger partial charge in [-0.15, -0.1) is 0 Å². The number of alkyl halides is 1. The van der Waals surface area contributed by atoms with Gasteiger partial charge in [-0.05, 0) is 82.6 Å². The van der Waals surface area contributed by atoms with Gasteiger partial charge in [0.25, 0.3) is 0 Å². The number of rotatable bonds is 11. The Kier molecular flexibility index (Phi) is 9.31. The molecule has 250 valence electrons. The lowest BCUT2D eigenvalue weighted by Crippen LogP contribution is -2.50. The first-order chi connectivity index (χ1) is 22.1. The van der Waals surface area contributed by atoms with E-state index in [1.54, 1.807) is 27.7 Å². The smallest absolute Gasteiger partial charge is 0.408 e. The number of hydrogen-bond acceptors (Lipinski definition) is 7. The van der Waals surface area contributed by atoms with Crippen LogP contribution in [0.15, 0.2) is 60.7 Å². The molecule has 1 saturated carbocycles. The second-order valence-corrected chi connectivity index (χ2v) is 15.2. The van der Waals surface area contributed by atoms with E-state index in [2.05, 4.69) is 21.2 Å². The highest BCUT2D eigenvalue weighted by atomic mass is 79.9. The van der Waals surface area contributed by atoms with E-state index < -0.39 is 56.6 Å². The topological polar surface area (TPSA) is 119 Å². The summed E-state index contributed by atoms with van der Waals surface area (Å²) in [5.41, 5.74) is -0.0932. The van der Waals surface area contributed by atoms with Gasteiger partial charge in [0, 0.05) is 6.54 Å². The summed E-state index contributed by atoms with van der Waals surface area (Å²) in [5, 5.41) is 2.61. The first kappa shape index (κ1) is 34.5. The lowest BCUT2D eigenvalue weighted by atomic mass is 9.63. The van der Waals surface area contributed by atoms with Crippen molar-refractivity contribution in [2.45, 2.75) is 83.2 Å². The first-order valence-electron chi connectivity index (χ1n) is 16.3. The van der Waals surface area contributed by atoms with E-state index in [0.717, 1.165) is 22.3 Å². The van der Waals surface area contributed by atoms with Crippen LogP contribution < -0.4 is 5.32 Å². The average Bonchev–Trinajstić information content (AvgIpc) is 3.41. The molecule has 1 heterocycles. The summed E-state index contributed by atoms with van der Waals surface area (Å²) in [7, 11) is 0. The number of benzene rings is 2. The number of carbonyl (C=O) groups is 5. The van der Waals surface area contributed by atoms with Gasteiger partial charge in [-0.25, -0.2) is 9.59 Å². The summed E-state index contributed by atoms with van der Waals surface area (Å²) < 4.78 is 9.17. The molecule has 1 aliphatic heterocycles. The van der Waals surface area contributed by atoms with E-state index in [1.807, 2.05) is 74.5 Å². The minimum atomic E-state index is -1.46. The molecule has 10 heteroatoms. The summed E-state index contributed by atoms with van der Waals surface area (Å²) in [6.07, 6.45) is 0.925. The number of ether oxygens (including phenoxy) is 2. The third-order valence-electron chi connectivity index (χ3n) is 9.64. The number of allylic oxidation sites excluding steroid dienone is 2. The van der Waals surface area contributed by atoms with Crippen molar-refractivity contribution in [1.82, 2.24) is 10.2 Å². The highest BCUT2D eigenvalue weighted by Crippen LogP contribution is 2.77. The van der Waals surface area contributed by atoms with Crippen LogP contribution in [0, 0.1) is 16.7 Å². The average molecular weight is 708 g/mol.